The predicted octanol–water partition coefficient (Wildman–Crippen LogP) is 2.04. The lowest BCUT2D eigenvalue weighted by Gasteiger charge is -1.94. The lowest BCUT2D eigenvalue weighted by atomic mass is 10.3. The predicted molar refractivity (Wildman–Crippen MR) is 54.2 cm³/mol. The minimum atomic E-state index is -1.10. The van der Waals surface area contributed by atoms with Gasteiger partial charge in [-0.05, 0) is 12.8 Å². The van der Waals surface area contributed by atoms with E-state index in [2.05, 4.69) is 13.5 Å². The van der Waals surface area contributed by atoms with Crippen LogP contribution in [0.15, 0.2) is 12.8 Å². The third-order valence-corrected chi connectivity index (χ3v) is 1.28. The normalized spacial score (nSPS) is 9.00. The van der Waals surface area contributed by atoms with Crippen molar-refractivity contribution in [2.75, 3.05) is 6.61 Å². The average molecular weight is 190 g/mol. The van der Waals surface area contributed by atoms with Crippen molar-refractivity contribution in [2.45, 2.75) is 45.8 Å². The Bertz CT molecular complexity index is 92.2. The van der Waals surface area contributed by atoms with E-state index in [1.54, 1.807) is 0 Å². The van der Waals surface area contributed by atoms with Crippen LogP contribution in [0.2, 0.25) is 0 Å². The van der Waals surface area contributed by atoms with Crippen molar-refractivity contribution < 1.29 is 14.9 Å². The van der Waals surface area contributed by atoms with Crippen LogP contribution in [0.5, 0.6) is 0 Å². The summed E-state index contributed by atoms with van der Waals surface area (Å²) in [6, 6.07) is 0. The highest BCUT2D eigenvalue weighted by molar-refractivity contribution is 4.47. The second kappa shape index (κ2) is 14.0. The van der Waals surface area contributed by atoms with Crippen LogP contribution in [0.1, 0.15) is 39.5 Å². The van der Waals surface area contributed by atoms with Crippen molar-refractivity contribution in [3.8, 4) is 0 Å². The van der Waals surface area contributed by atoms with Crippen LogP contribution in [0, 0.1) is 0 Å². The van der Waals surface area contributed by atoms with Gasteiger partial charge in [0.15, 0.2) is 6.29 Å². The molecule has 0 aliphatic rings. The summed E-state index contributed by atoms with van der Waals surface area (Å²) in [7, 11) is 0. The van der Waals surface area contributed by atoms with Gasteiger partial charge in [-0.3, -0.25) is 0 Å². The van der Waals surface area contributed by atoms with Crippen molar-refractivity contribution in [1.82, 2.24) is 0 Å². The van der Waals surface area contributed by atoms with Crippen LogP contribution in [-0.4, -0.2) is 23.1 Å². The van der Waals surface area contributed by atoms with Crippen molar-refractivity contribution in [3.05, 3.63) is 12.8 Å². The smallest absolute Gasteiger partial charge is 0.151 e. The monoisotopic (exact) mass is 190 g/mol. The van der Waals surface area contributed by atoms with E-state index in [1.807, 2.05) is 6.92 Å². The zero-order valence-electron chi connectivity index (χ0n) is 8.70. The SMILES string of the molecule is C=COCCCC.CCCC(O)O. The van der Waals surface area contributed by atoms with E-state index in [1.165, 1.54) is 12.7 Å². The van der Waals surface area contributed by atoms with E-state index in [4.69, 9.17) is 14.9 Å². The fourth-order valence-corrected chi connectivity index (χ4v) is 0.569. The van der Waals surface area contributed by atoms with Gasteiger partial charge in [-0.2, -0.15) is 0 Å². The molecule has 80 valence electrons. The minimum absolute atomic E-state index is 0.486. The molecule has 3 nitrogen and oxygen atoms in total. The number of aliphatic hydroxyl groups is 2. The van der Waals surface area contributed by atoms with Gasteiger partial charge in [0.05, 0.1) is 12.9 Å². The lowest BCUT2D eigenvalue weighted by molar-refractivity contribution is -0.0453. The van der Waals surface area contributed by atoms with Crippen LogP contribution >= 0.6 is 0 Å². The maximum Gasteiger partial charge on any atom is 0.151 e. The second-order valence-corrected chi connectivity index (χ2v) is 2.66. The Morgan fingerprint density at radius 2 is 1.92 bits per heavy atom. The number of ether oxygens (including phenoxy) is 1. The zero-order valence-corrected chi connectivity index (χ0v) is 8.70. The molecule has 0 aromatic heterocycles. The van der Waals surface area contributed by atoms with Gasteiger partial charge in [0.2, 0.25) is 0 Å². The molecule has 0 saturated heterocycles. The third kappa shape index (κ3) is 24.6. The molecule has 13 heavy (non-hydrogen) atoms. The number of hydrogen-bond donors (Lipinski definition) is 2. The van der Waals surface area contributed by atoms with Gasteiger partial charge in [0.25, 0.3) is 0 Å². The second-order valence-electron chi connectivity index (χ2n) is 2.66. The first-order valence-electron chi connectivity index (χ1n) is 4.77. The maximum absolute atomic E-state index is 8.11. The molecule has 0 aliphatic carbocycles. The highest BCUT2D eigenvalue weighted by atomic mass is 16.5. The summed E-state index contributed by atoms with van der Waals surface area (Å²) in [6.45, 7) is 8.26. The molecule has 0 fully saturated rings. The molecule has 0 rings (SSSR count). The summed E-state index contributed by atoms with van der Waals surface area (Å²) in [6.07, 6.45) is 4.02. The molecule has 2 N–H and O–H groups in total. The topological polar surface area (TPSA) is 49.7 Å². The Morgan fingerprint density at radius 1 is 1.31 bits per heavy atom. The first-order chi connectivity index (χ1) is 6.18. The van der Waals surface area contributed by atoms with E-state index in [-0.39, 0.29) is 0 Å². The summed E-state index contributed by atoms with van der Waals surface area (Å²) in [4.78, 5) is 0. The van der Waals surface area contributed by atoms with Crippen LogP contribution < -0.4 is 0 Å². The highest BCUT2D eigenvalue weighted by Gasteiger charge is 1.89. The summed E-state index contributed by atoms with van der Waals surface area (Å²) in [5.41, 5.74) is 0. The molecule has 0 aliphatic heterocycles. The van der Waals surface area contributed by atoms with Crippen LogP contribution in [0.4, 0.5) is 0 Å². The van der Waals surface area contributed by atoms with E-state index < -0.39 is 6.29 Å². The lowest BCUT2D eigenvalue weighted by Crippen LogP contribution is -2.01. The molecule has 3 heteroatoms. The summed E-state index contributed by atoms with van der Waals surface area (Å²) < 4.78 is 4.84. The molecule has 0 heterocycles. The molecule has 0 unspecified atom stereocenters. The molecular weight excluding hydrogens is 168 g/mol. The summed E-state index contributed by atoms with van der Waals surface area (Å²) >= 11 is 0. The Hall–Kier alpha value is -0.540. The number of aliphatic hydroxyl groups excluding tert-OH is 1. The Kier molecular flexibility index (Phi) is 16.1. The van der Waals surface area contributed by atoms with Crippen LogP contribution in [0.25, 0.3) is 0 Å². The van der Waals surface area contributed by atoms with Crippen molar-refractivity contribution >= 4 is 0 Å². The van der Waals surface area contributed by atoms with Crippen molar-refractivity contribution in [1.29, 1.82) is 0 Å². The highest BCUT2D eigenvalue weighted by Crippen LogP contribution is 1.88. The molecule has 0 amide bonds. The average Bonchev–Trinajstić information content (AvgIpc) is 2.06. The van der Waals surface area contributed by atoms with E-state index in [0.29, 0.717) is 6.42 Å². The van der Waals surface area contributed by atoms with Gasteiger partial charge in [-0.25, -0.2) is 0 Å². The fraction of sp³-hybridized carbons (Fsp3) is 0.800. The molecule has 0 atom stereocenters. The van der Waals surface area contributed by atoms with Gasteiger partial charge in [0.1, 0.15) is 0 Å². The van der Waals surface area contributed by atoms with Gasteiger partial charge in [-0.15, -0.1) is 0 Å². The first-order valence-corrected chi connectivity index (χ1v) is 4.77. The van der Waals surface area contributed by atoms with Gasteiger partial charge in [0, 0.05) is 0 Å². The van der Waals surface area contributed by atoms with E-state index in [0.717, 1.165) is 19.4 Å². The minimum Gasteiger partial charge on any atom is -0.502 e. The summed E-state index contributed by atoms with van der Waals surface area (Å²) in [5.74, 6) is 0. The van der Waals surface area contributed by atoms with E-state index >= 15 is 0 Å². The molecule has 0 aromatic rings. The molecule has 0 bridgehead atoms. The Morgan fingerprint density at radius 3 is 2.15 bits per heavy atom. The molecule has 0 spiro atoms. The van der Waals surface area contributed by atoms with Gasteiger partial charge >= 0.3 is 0 Å². The standard InChI is InChI=1S/C6H12O.C4H10O2/c1-3-5-6-7-4-2;1-2-3-4(5)6/h4H,2-3,5-6H2,1H3;4-6H,2-3H2,1H3. The quantitative estimate of drug-likeness (QED) is 0.383. The fourth-order valence-electron chi connectivity index (χ4n) is 0.569. The number of hydrogen-bond acceptors (Lipinski definition) is 3. The Balaban J connectivity index is 0. The molecular formula is C10H22O3. The summed E-state index contributed by atoms with van der Waals surface area (Å²) in [5, 5.41) is 16.2. The van der Waals surface area contributed by atoms with Crippen LogP contribution in [-0.2, 0) is 4.74 Å². The molecule has 0 aromatic carbocycles. The van der Waals surface area contributed by atoms with Crippen molar-refractivity contribution in [2.24, 2.45) is 0 Å². The number of rotatable bonds is 6. The largest absolute Gasteiger partial charge is 0.502 e. The third-order valence-electron chi connectivity index (χ3n) is 1.28. The zero-order chi connectivity index (χ0) is 10.5. The van der Waals surface area contributed by atoms with Gasteiger partial charge < -0.3 is 14.9 Å². The van der Waals surface area contributed by atoms with Gasteiger partial charge in [-0.1, -0.05) is 33.3 Å². The van der Waals surface area contributed by atoms with Crippen LogP contribution in [0.3, 0.4) is 0 Å². The van der Waals surface area contributed by atoms with E-state index in [9.17, 15) is 0 Å². The Labute approximate surface area is 81.0 Å². The maximum atomic E-state index is 8.11. The first kappa shape index (κ1) is 15.0. The van der Waals surface area contributed by atoms with Crippen molar-refractivity contribution in [3.63, 3.8) is 0 Å². The number of unbranched alkanes of at least 4 members (excludes halogenated alkanes) is 1. The molecule has 0 radical (unpaired) electrons. The molecule has 0 saturated carbocycles.